The minimum atomic E-state index is -0.0878. The Balaban J connectivity index is 1.52. The van der Waals surface area contributed by atoms with Crippen molar-refractivity contribution in [3.05, 3.63) is 40.5 Å². The molecule has 2 aromatic rings. The predicted octanol–water partition coefficient (Wildman–Crippen LogP) is 2.56. The zero-order valence-electron chi connectivity index (χ0n) is 14.1. The Bertz CT molecular complexity index is 767. The smallest absolute Gasteiger partial charge is 0.239 e. The maximum absolute atomic E-state index is 12.2. The van der Waals surface area contributed by atoms with Crippen molar-refractivity contribution in [2.24, 2.45) is 0 Å². The van der Waals surface area contributed by atoms with Gasteiger partial charge in [-0.1, -0.05) is 23.2 Å². The average molecular weight is 395 g/mol. The Hall–Kier alpha value is -2.25. The molecule has 1 saturated heterocycles. The SMILES string of the molecule is Nc1nccc(N2CCC[C@@H](NC(=O)CNc3cc(Cl)cc(Cl)c3)C2)n1. The normalized spacial score (nSPS) is 17.0. The van der Waals surface area contributed by atoms with Gasteiger partial charge in [-0.3, -0.25) is 4.79 Å². The Morgan fingerprint density at radius 1 is 1.31 bits per heavy atom. The number of nitrogens with zero attached hydrogens (tertiary/aromatic N) is 3. The monoisotopic (exact) mass is 394 g/mol. The van der Waals surface area contributed by atoms with Gasteiger partial charge in [0.1, 0.15) is 5.82 Å². The highest BCUT2D eigenvalue weighted by molar-refractivity contribution is 6.35. The van der Waals surface area contributed by atoms with Gasteiger partial charge in [0.2, 0.25) is 11.9 Å². The van der Waals surface area contributed by atoms with E-state index in [9.17, 15) is 4.79 Å². The summed E-state index contributed by atoms with van der Waals surface area (Å²) in [5.41, 5.74) is 6.36. The number of anilines is 3. The molecule has 2 heterocycles. The van der Waals surface area contributed by atoms with Crippen LogP contribution in [0.4, 0.5) is 17.5 Å². The van der Waals surface area contributed by atoms with E-state index in [0.717, 1.165) is 25.2 Å². The lowest BCUT2D eigenvalue weighted by molar-refractivity contribution is -0.120. The number of halogens is 2. The largest absolute Gasteiger partial charge is 0.376 e. The van der Waals surface area contributed by atoms with Crippen LogP contribution in [0.3, 0.4) is 0 Å². The molecule has 0 unspecified atom stereocenters. The maximum atomic E-state index is 12.2. The first-order valence-electron chi connectivity index (χ1n) is 8.32. The predicted molar refractivity (Wildman–Crippen MR) is 105 cm³/mol. The zero-order chi connectivity index (χ0) is 18.5. The van der Waals surface area contributed by atoms with Crippen LogP contribution in [0.2, 0.25) is 10.0 Å². The first-order chi connectivity index (χ1) is 12.5. The van der Waals surface area contributed by atoms with Crippen LogP contribution in [0, 0.1) is 0 Å². The Kier molecular flexibility index (Phi) is 6.00. The number of carbonyl (C=O) groups is 1. The quantitative estimate of drug-likeness (QED) is 0.720. The van der Waals surface area contributed by atoms with E-state index in [1.54, 1.807) is 24.4 Å². The number of rotatable bonds is 5. The number of amides is 1. The summed E-state index contributed by atoms with van der Waals surface area (Å²) >= 11 is 11.9. The lowest BCUT2D eigenvalue weighted by Crippen LogP contribution is -2.49. The number of aromatic nitrogens is 2. The average Bonchev–Trinajstić information content (AvgIpc) is 2.59. The van der Waals surface area contributed by atoms with E-state index in [-0.39, 0.29) is 24.4 Å². The van der Waals surface area contributed by atoms with Crippen molar-refractivity contribution in [1.29, 1.82) is 0 Å². The van der Waals surface area contributed by atoms with Gasteiger partial charge in [-0.25, -0.2) is 4.98 Å². The third-order valence-electron chi connectivity index (χ3n) is 4.09. The van der Waals surface area contributed by atoms with Crippen LogP contribution in [0.5, 0.6) is 0 Å². The summed E-state index contributed by atoms with van der Waals surface area (Å²) in [5, 5.41) is 7.12. The molecule has 0 saturated carbocycles. The lowest BCUT2D eigenvalue weighted by Gasteiger charge is -2.34. The molecule has 138 valence electrons. The Labute approximate surface area is 161 Å². The number of benzene rings is 1. The summed E-state index contributed by atoms with van der Waals surface area (Å²) in [6.07, 6.45) is 3.53. The second-order valence-electron chi connectivity index (χ2n) is 6.14. The molecule has 7 nitrogen and oxygen atoms in total. The van der Waals surface area contributed by atoms with E-state index in [1.807, 2.05) is 6.07 Å². The molecule has 0 bridgehead atoms. The number of piperidine rings is 1. The molecule has 1 aromatic heterocycles. The molecule has 0 radical (unpaired) electrons. The molecule has 0 spiro atoms. The zero-order valence-corrected chi connectivity index (χ0v) is 15.6. The molecular formula is C17H20Cl2N6O. The fourth-order valence-corrected chi connectivity index (χ4v) is 3.49. The van der Waals surface area contributed by atoms with Gasteiger partial charge in [-0.2, -0.15) is 4.98 Å². The summed E-state index contributed by atoms with van der Waals surface area (Å²) in [5.74, 6) is 0.941. The summed E-state index contributed by atoms with van der Waals surface area (Å²) < 4.78 is 0. The van der Waals surface area contributed by atoms with Crippen molar-refractivity contribution in [2.45, 2.75) is 18.9 Å². The minimum absolute atomic E-state index is 0.0530. The molecule has 1 aliphatic heterocycles. The topological polar surface area (TPSA) is 96.2 Å². The lowest BCUT2D eigenvalue weighted by atomic mass is 10.1. The summed E-state index contributed by atoms with van der Waals surface area (Å²) in [4.78, 5) is 22.5. The van der Waals surface area contributed by atoms with E-state index in [1.165, 1.54) is 0 Å². The second-order valence-corrected chi connectivity index (χ2v) is 7.01. The highest BCUT2D eigenvalue weighted by Gasteiger charge is 2.22. The van der Waals surface area contributed by atoms with Gasteiger partial charge < -0.3 is 21.3 Å². The number of nitrogens with two attached hydrogens (primary N) is 1. The van der Waals surface area contributed by atoms with Crippen molar-refractivity contribution in [2.75, 3.05) is 35.6 Å². The second kappa shape index (κ2) is 8.42. The molecule has 1 atom stereocenters. The molecular weight excluding hydrogens is 375 g/mol. The third-order valence-corrected chi connectivity index (χ3v) is 4.52. The first-order valence-corrected chi connectivity index (χ1v) is 9.08. The van der Waals surface area contributed by atoms with Gasteiger partial charge in [-0.05, 0) is 37.1 Å². The van der Waals surface area contributed by atoms with Crippen molar-refractivity contribution in [1.82, 2.24) is 15.3 Å². The number of carbonyl (C=O) groups excluding carboxylic acids is 1. The van der Waals surface area contributed by atoms with Gasteiger partial charge in [0.25, 0.3) is 0 Å². The van der Waals surface area contributed by atoms with Gasteiger partial charge in [0.05, 0.1) is 6.54 Å². The summed E-state index contributed by atoms with van der Waals surface area (Å²) in [6.45, 7) is 1.71. The van der Waals surface area contributed by atoms with E-state index in [4.69, 9.17) is 28.9 Å². The molecule has 3 rings (SSSR count). The molecule has 1 aromatic carbocycles. The highest BCUT2D eigenvalue weighted by atomic mass is 35.5. The molecule has 9 heteroatoms. The number of nitrogens with one attached hydrogen (secondary N) is 2. The molecule has 1 amide bonds. The van der Waals surface area contributed by atoms with Gasteiger partial charge in [-0.15, -0.1) is 0 Å². The van der Waals surface area contributed by atoms with Crippen LogP contribution >= 0.6 is 23.2 Å². The summed E-state index contributed by atoms with van der Waals surface area (Å²) in [7, 11) is 0. The first kappa shape index (κ1) is 18.5. The Morgan fingerprint density at radius 2 is 2.08 bits per heavy atom. The number of hydrogen-bond donors (Lipinski definition) is 3. The van der Waals surface area contributed by atoms with Gasteiger partial charge in [0, 0.05) is 41.1 Å². The van der Waals surface area contributed by atoms with E-state index in [2.05, 4.69) is 25.5 Å². The Morgan fingerprint density at radius 3 is 2.81 bits per heavy atom. The van der Waals surface area contributed by atoms with Gasteiger partial charge >= 0.3 is 0 Å². The maximum Gasteiger partial charge on any atom is 0.239 e. The molecule has 26 heavy (non-hydrogen) atoms. The van der Waals surface area contributed by atoms with E-state index >= 15 is 0 Å². The van der Waals surface area contributed by atoms with Crippen molar-refractivity contribution in [3.63, 3.8) is 0 Å². The summed E-state index contributed by atoms with van der Waals surface area (Å²) in [6, 6.07) is 6.97. The highest BCUT2D eigenvalue weighted by Crippen LogP contribution is 2.22. The standard InChI is InChI=1S/C17H20Cl2N6O/c18-11-6-12(19)8-14(7-11)22-9-16(26)23-13-2-1-5-25(10-13)15-3-4-21-17(20)24-15/h3-4,6-8,13,22H,1-2,5,9-10H2,(H,23,26)(H2,20,21,24)/t13-/m1/s1. The number of nitrogen functional groups attached to an aromatic ring is 1. The third kappa shape index (κ3) is 5.12. The van der Waals surface area contributed by atoms with Crippen LogP contribution in [0.15, 0.2) is 30.5 Å². The van der Waals surface area contributed by atoms with Crippen molar-refractivity contribution in [3.8, 4) is 0 Å². The van der Waals surface area contributed by atoms with E-state index < -0.39 is 0 Å². The fraction of sp³-hybridized carbons (Fsp3) is 0.353. The van der Waals surface area contributed by atoms with Crippen LogP contribution in [0.25, 0.3) is 0 Å². The van der Waals surface area contributed by atoms with Crippen molar-refractivity contribution < 1.29 is 4.79 Å². The molecule has 0 aliphatic carbocycles. The van der Waals surface area contributed by atoms with Crippen LogP contribution < -0.4 is 21.3 Å². The number of hydrogen-bond acceptors (Lipinski definition) is 6. The van der Waals surface area contributed by atoms with E-state index in [0.29, 0.717) is 22.3 Å². The minimum Gasteiger partial charge on any atom is -0.376 e. The van der Waals surface area contributed by atoms with Crippen LogP contribution in [-0.4, -0.2) is 41.6 Å². The molecule has 1 aliphatic rings. The molecule has 4 N–H and O–H groups in total. The van der Waals surface area contributed by atoms with Crippen LogP contribution in [0.1, 0.15) is 12.8 Å². The van der Waals surface area contributed by atoms with Gasteiger partial charge in [0.15, 0.2) is 0 Å². The molecule has 1 fully saturated rings. The fourth-order valence-electron chi connectivity index (χ4n) is 2.96. The van der Waals surface area contributed by atoms with Crippen LogP contribution in [-0.2, 0) is 4.79 Å². The van der Waals surface area contributed by atoms with Crippen molar-refractivity contribution >= 4 is 46.6 Å².